The van der Waals surface area contributed by atoms with Crippen molar-refractivity contribution in [1.29, 1.82) is 0 Å². The molecule has 0 spiro atoms. The molecule has 2 amide bonds. The minimum atomic E-state index is -0.862. The summed E-state index contributed by atoms with van der Waals surface area (Å²) < 4.78 is 23.7. The zero-order valence-corrected chi connectivity index (χ0v) is 28.3. The summed E-state index contributed by atoms with van der Waals surface area (Å²) in [4.78, 5) is 40.2. The van der Waals surface area contributed by atoms with Crippen LogP contribution in [0.3, 0.4) is 0 Å². The van der Waals surface area contributed by atoms with Gasteiger partial charge in [0.2, 0.25) is 11.8 Å². The smallest absolute Gasteiger partial charge is 0.335 e. The summed E-state index contributed by atoms with van der Waals surface area (Å²) >= 11 is 6.34. The highest BCUT2D eigenvalue weighted by molar-refractivity contribution is 6.32. The van der Waals surface area contributed by atoms with Gasteiger partial charge < -0.3 is 29.6 Å². The van der Waals surface area contributed by atoms with Gasteiger partial charge in [0.15, 0.2) is 6.10 Å². The molecule has 2 N–H and O–H groups in total. The topological polar surface area (TPSA) is 115 Å². The van der Waals surface area contributed by atoms with E-state index >= 15 is 0 Å². The molecule has 0 bridgehead atoms. The van der Waals surface area contributed by atoms with Gasteiger partial charge in [0.25, 0.3) is 0 Å². The molecule has 6 atom stereocenters. The van der Waals surface area contributed by atoms with E-state index in [1.165, 1.54) is 13.2 Å². The third kappa shape index (κ3) is 10.0. The van der Waals surface area contributed by atoms with Gasteiger partial charge in [0, 0.05) is 30.7 Å². The van der Waals surface area contributed by atoms with Gasteiger partial charge in [0.05, 0.1) is 24.8 Å². The molecule has 2 aliphatic heterocycles. The molecule has 1 saturated heterocycles. The van der Waals surface area contributed by atoms with E-state index in [1.54, 1.807) is 18.2 Å². The van der Waals surface area contributed by atoms with E-state index < -0.39 is 35.5 Å². The molecule has 0 saturated carbocycles. The fourth-order valence-corrected chi connectivity index (χ4v) is 5.82. The monoisotopic (exact) mass is 654 g/mol. The number of esters is 1. The Bertz CT molecular complexity index is 1380. The Morgan fingerprint density at radius 2 is 1.80 bits per heavy atom. The van der Waals surface area contributed by atoms with E-state index in [1.807, 2.05) is 71.0 Å². The van der Waals surface area contributed by atoms with Crippen LogP contribution in [0.15, 0.2) is 60.7 Å². The van der Waals surface area contributed by atoms with Gasteiger partial charge in [-0.05, 0) is 41.7 Å². The minimum absolute atomic E-state index is 0.0863. The summed E-state index contributed by atoms with van der Waals surface area (Å²) in [5.74, 6) is -0.660. The number of carbonyl (C=O) groups excluding carboxylic acids is 3. The average molecular weight is 655 g/mol. The zero-order chi connectivity index (χ0) is 33.4. The van der Waals surface area contributed by atoms with Crippen molar-refractivity contribution in [3.63, 3.8) is 0 Å². The lowest BCUT2D eigenvalue weighted by Crippen LogP contribution is -2.50. The van der Waals surface area contributed by atoms with Gasteiger partial charge in [-0.15, -0.1) is 0 Å². The number of rotatable bonds is 8. The Balaban J connectivity index is 1.57. The Kier molecular flexibility index (Phi) is 12.3. The molecule has 2 aromatic carbocycles. The van der Waals surface area contributed by atoms with Crippen molar-refractivity contribution in [2.75, 3.05) is 20.3 Å². The fraction of sp³-hybridized carbons (Fsp3) is 0.528. The number of nitrogens with one attached hydrogen (secondary N) is 2. The summed E-state index contributed by atoms with van der Waals surface area (Å²) in [7, 11) is 1.53. The van der Waals surface area contributed by atoms with Crippen molar-refractivity contribution in [2.45, 2.75) is 84.3 Å². The van der Waals surface area contributed by atoms with E-state index in [0.717, 1.165) is 11.1 Å². The van der Waals surface area contributed by atoms with E-state index in [4.69, 9.17) is 30.5 Å². The van der Waals surface area contributed by atoms with Gasteiger partial charge in [-0.1, -0.05) is 88.7 Å². The number of ether oxygens (including phenoxy) is 4. The van der Waals surface area contributed by atoms with Gasteiger partial charge in [-0.25, -0.2) is 4.79 Å². The number of hydrogen-bond acceptors (Lipinski definition) is 7. The SMILES string of the molecule is COc1ccc(C[C@H]2NC(=O)/C=C/C[C@@H]([C@H](C)C3OC3c3ccccc3)OC(=O)[C@H](CC(C)C)OCC(C)(C)CNC2=O)cc1Cl. The second-order valence-electron chi connectivity index (χ2n) is 13.4. The molecule has 10 heteroatoms. The molecule has 2 aromatic rings. The molecule has 2 unspecified atom stereocenters. The van der Waals surface area contributed by atoms with Crippen molar-refractivity contribution >= 4 is 29.4 Å². The molecular formula is C36H47ClN2O7. The molecule has 250 valence electrons. The first kappa shape index (κ1) is 35.5. The Hall–Kier alpha value is -3.40. The fourth-order valence-electron chi connectivity index (χ4n) is 5.54. The molecule has 0 aromatic heterocycles. The normalized spacial score (nSPS) is 27.2. The predicted octanol–water partition coefficient (Wildman–Crippen LogP) is 5.60. The minimum Gasteiger partial charge on any atom is -0.495 e. The molecule has 4 rings (SSSR count). The van der Waals surface area contributed by atoms with Crippen molar-refractivity contribution in [3.05, 3.63) is 76.8 Å². The summed E-state index contributed by atoms with van der Waals surface area (Å²) in [6.45, 7) is 10.4. The van der Waals surface area contributed by atoms with Crippen LogP contribution in [0.4, 0.5) is 0 Å². The molecule has 2 heterocycles. The Morgan fingerprint density at radius 1 is 1.07 bits per heavy atom. The van der Waals surface area contributed by atoms with Gasteiger partial charge in [0.1, 0.15) is 24.0 Å². The number of halogens is 1. The summed E-state index contributed by atoms with van der Waals surface area (Å²) in [6, 6.07) is 14.4. The second-order valence-corrected chi connectivity index (χ2v) is 13.9. The van der Waals surface area contributed by atoms with Gasteiger partial charge in [-0.3, -0.25) is 9.59 Å². The molecule has 1 fully saturated rings. The van der Waals surface area contributed by atoms with Crippen LogP contribution >= 0.6 is 11.6 Å². The van der Waals surface area contributed by atoms with Crippen molar-refractivity contribution in [1.82, 2.24) is 10.6 Å². The van der Waals surface area contributed by atoms with Crippen LogP contribution in [0.5, 0.6) is 5.75 Å². The lowest BCUT2D eigenvalue weighted by atomic mass is 9.93. The first-order valence-electron chi connectivity index (χ1n) is 16.0. The van der Waals surface area contributed by atoms with Crippen LogP contribution in [0.1, 0.15) is 64.7 Å². The second kappa shape index (κ2) is 15.9. The quantitative estimate of drug-likeness (QED) is 0.281. The number of cyclic esters (lactones) is 1. The number of methoxy groups -OCH3 is 1. The third-order valence-corrected chi connectivity index (χ3v) is 8.61. The number of carbonyl (C=O) groups is 3. The zero-order valence-electron chi connectivity index (χ0n) is 27.6. The maximum atomic E-state index is 13.6. The van der Waals surface area contributed by atoms with Crippen LogP contribution in [0.25, 0.3) is 0 Å². The van der Waals surface area contributed by atoms with Gasteiger partial charge >= 0.3 is 5.97 Å². The highest BCUT2D eigenvalue weighted by atomic mass is 35.5. The number of benzene rings is 2. The molecule has 9 nitrogen and oxygen atoms in total. The lowest BCUT2D eigenvalue weighted by molar-refractivity contribution is -0.168. The molecule has 0 radical (unpaired) electrons. The standard InChI is InChI=1S/C36H47ClN2O7/c1-22(2)17-30-35(42)45-28(23(3)32-33(46-32)25-11-8-7-9-12-25)13-10-14-31(40)39-27(34(41)38-20-36(4,5)21-44-30)19-24-15-16-29(43-6)26(37)18-24/h7-12,14-16,18,22-23,27-28,30,32-33H,13,17,19-21H2,1-6H3,(H,38,41)(H,39,40)/b14-10+/t23-,27+,28-,30-,32?,33?/m0/s1. The lowest BCUT2D eigenvalue weighted by Gasteiger charge is -2.30. The maximum absolute atomic E-state index is 13.6. The number of epoxide rings is 1. The van der Waals surface area contributed by atoms with Crippen LogP contribution in [-0.2, 0) is 35.0 Å². The maximum Gasteiger partial charge on any atom is 0.335 e. The Labute approximate surface area is 277 Å². The molecular weight excluding hydrogens is 608 g/mol. The van der Waals surface area contributed by atoms with Crippen molar-refractivity contribution in [3.8, 4) is 5.75 Å². The third-order valence-electron chi connectivity index (χ3n) is 8.32. The van der Waals surface area contributed by atoms with E-state index in [2.05, 4.69) is 10.6 Å². The van der Waals surface area contributed by atoms with E-state index in [-0.39, 0.29) is 55.9 Å². The molecule has 2 aliphatic rings. The molecule has 46 heavy (non-hydrogen) atoms. The highest BCUT2D eigenvalue weighted by Gasteiger charge is 2.47. The molecule has 0 aliphatic carbocycles. The van der Waals surface area contributed by atoms with Crippen LogP contribution in [-0.4, -0.2) is 62.4 Å². The van der Waals surface area contributed by atoms with Crippen LogP contribution < -0.4 is 15.4 Å². The largest absolute Gasteiger partial charge is 0.495 e. The summed E-state index contributed by atoms with van der Waals surface area (Å²) in [5.41, 5.74) is 1.32. The summed E-state index contributed by atoms with van der Waals surface area (Å²) in [6.07, 6.45) is 2.49. The van der Waals surface area contributed by atoms with Crippen LogP contribution in [0, 0.1) is 17.3 Å². The number of amides is 2. The average Bonchev–Trinajstić information content (AvgIpc) is 3.82. The van der Waals surface area contributed by atoms with E-state index in [9.17, 15) is 14.4 Å². The Morgan fingerprint density at radius 3 is 2.48 bits per heavy atom. The summed E-state index contributed by atoms with van der Waals surface area (Å²) in [5, 5.41) is 6.22. The first-order valence-corrected chi connectivity index (χ1v) is 16.3. The highest BCUT2D eigenvalue weighted by Crippen LogP contribution is 2.45. The van der Waals surface area contributed by atoms with E-state index in [0.29, 0.717) is 17.2 Å². The van der Waals surface area contributed by atoms with Crippen LogP contribution in [0.2, 0.25) is 5.02 Å². The van der Waals surface area contributed by atoms with Crippen molar-refractivity contribution in [2.24, 2.45) is 17.3 Å². The predicted molar refractivity (Wildman–Crippen MR) is 176 cm³/mol. The van der Waals surface area contributed by atoms with Crippen molar-refractivity contribution < 1.29 is 33.3 Å². The first-order chi connectivity index (χ1) is 21.9. The van der Waals surface area contributed by atoms with Gasteiger partial charge in [-0.2, -0.15) is 0 Å². The number of hydrogen-bond donors (Lipinski definition) is 2.